The zero-order valence-electron chi connectivity index (χ0n) is 12.0. The smallest absolute Gasteiger partial charge is 0.235 e. The van der Waals surface area contributed by atoms with Crippen molar-refractivity contribution in [2.45, 2.75) is 40.5 Å². The molecule has 0 aliphatic carbocycles. The molecule has 0 fully saturated rings. The van der Waals surface area contributed by atoms with Crippen molar-refractivity contribution in [2.75, 3.05) is 26.3 Å². The Labute approximate surface area is 116 Å². The fourth-order valence-electron chi connectivity index (χ4n) is 2.03. The molecule has 4 nitrogen and oxygen atoms in total. The Kier molecular flexibility index (Phi) is 8.11. The van der Waals surface area contributed by atoms with Crippen molar-refractivity contribution in [1.82, 2.24) is 4.90 Å². The normalized spacial score (nSPS) is 11.3. The third-order valence-corrected chi connectivity index (χ3v) is 3.86. The van der Waals surface area contributed by atoms with Gasteiger partial charge >= 0.3 is 0 Å². The number of ether oxygens (including phenoxy) is 1. The molecule has 5 heteroatoms. The van der Waals surface area contributed by atoms with Gasteiger partial charge in [0.25, 0.3) is 0 Å². The van der Waals surface area contributed by atoms with E-state index >= 15 is 0 Å². The van der Waals surface area contributed by atoms with Gasteiger partial charge in [-0.3, -0.25) is 4.79 Å². The third-order valence-electron chi connectivity index (χ3n) is 3.47. The lowest BCUT2D eigenvalue weighted by molar-refractivity contribution is -0.139. The second-order valence-corrected chi connectivity index (χ2v) is 4.68. The number of thiocarbonyl (C=S) groups is 1. The van der Waals surface area contributed by atoms with E-state index in [-0.39, 0.29) is 5.91 Å². The monoisotopic (exact) mass is 274 g/mol. The molecular formula is C13H26N2O2S. The largest absolute Gasteiger partial charge is 0.392 e. The van der Waals surface area contributed by atoms with Crippen molar-refractivity contribution in [2.24, 2.45) is 11.1 Å². The van der Waals surface area contributed by atoms with Gasteiger partial charge in [-0.15, -0.1) is 0 Å². The highest BCUT2D eigenvalue weighted by molar-refractivity contribution is 7.80. The summed E-state index contributed by atoms with van der Waals surface area (Å²) in [5.74, 6) is 0.0298. The first-order chi connectivity index (χ1) is 8.49. The van der Waals surface area contributed by atoms with Crippen molar-refractivity contribution in [3.8, 4) is 0 Å². The number of carbonyl (C=O) groups is 1. The summed E-state index contributed by atoms with van der Waals surface area (Å²) >= 11 is 5.11. The van der Waals surface area contributed by atoms with Crippen LogP contribution in [-0.4, -0.2) is 42.1 Å². The maximum Gasteiger partial charge on any atom is 0.235 e. The van der Waals surface area contributed by atoms with E-state index in [1.165, 1.54) is 0 Å². The molecular weight excluding hydrogens is 248 g/mol. The van der Waals surface area contributed by atoms with Crippen LogP contribution in [0.5, 0.6) is 0 Å². The first-order valence-corrected chi connectivity index (χ1v) is 7.07. The predicted octanol–water partition coefficient (Wildman–Crippen LogP) is 1.96. The predicted molar refractivity (Wildman–Crippen MR) is 78.5 cm³/mol. The molecule has 0 aromatic heterocycles. The molecule has 1 amide bonds. The molecule has 0 saturated carbocycles. The molecule has 0 aliphatic heterocycles. The average molecular weight is 274 g/mol. The van der Waals surface area contributed by atoms with Crippen LogP contribution < -0.4 is 5.73 Å². The number of amides is 1. The van der Waals surface area contributed by atoms with E-state index < -0.39 is 5.41 Å². The van der Waals surface area contributed by atoms with E-state index in [1.807, 2.05) is 27.7 Å². The molecule has 0 heterocycles. The highest BCUT2D eigenvalue weighted by Gasteiger charge is 2.40. The van der Waals surface area contributed by atoms with E-state index in [0.717, 1.165) is 0 Å². The van der Waals surface area contributed by atoms with Gasteiger partial charge in [-0.1, -0.05) is 26.1 Å². The Morgan fingerprint density at radius 2 is 1.83 bits per heavy atom. The summed E-state index contributed by atoms with van der Waals surface area (Å²) in [5, 5.41) is 0. The molecule has 0 aromatic rings. The van der Waals surface area contributed by atoms with Crippen LogP contribution in [0, 0.1) is 5.41 Å². The summed E-state index contributed by atoms with van der Waals surface area (Å²) in [5.41, 5.74) is 5.10. The molecule has 0 unspecified atom stereocenters. The molecule has 18 heavy (non-hydrogen) atoms. The van der Waals surface area contributed by atoms with Gasteiger partial charge in [0.05, 0.1) is 17.0 Å². The fourth-order valence-corrected chi connectivity index (χ4v) is 2.41. The van der Waals surface area contributed by atoms with Crippen LogP contribution in [0.3, 0.4) is 0 Å². The van der Waals surface area contributed by atoms with Crippen LogP contribution in [0.4, 0.5) is 0 Å². The zero-order chi connectivity index (χ0) is 14.2. The summed E-state index contributed by atoms with van der Waals surface area (Å²) in [6.45, 7) is 10.3. The Hall–Kier alpha value is -0.680. The van der Waals surface area contributed by atoms with Crippen LogP contribution in [-0.2, 0) is 9.53 Å². The molecule has 0 spiro atoms. The summed E-state index contributed by atoms with van der Waals surface area (Å²) in [6, 6.07) is 0. The van der Waals surface area contributed by atoms with Crippen molar-refractivity contribution in [3.63, 3.8) is 0 Å². The highest BCUT2D eigenvalue weighted by atomic mass is 32.1. The summed E-state index contributed by atoms with van der Waals surface area (Å²) < 4.78 is 5.30. The summed E-state index contributed by atoms with van der Waals surface area (Å²) in [7, 11) is 0. The van der Waals surface area contributed by atoms with Gasteiger partial charge in [0, 0.05) is 19.7 Å². The van der Waals surface area contributed by atoms with E-state index in [0.29, 0.717) is 44.1 Å². The Bertz CT molecular complexity index is 278. The Morgan fingerprint density at radius 3 is 2.17 bits per heavy atom. The Morgan fingerprint density at radius 1 is 1.28 bits per heavy atom. The second-order valence-electron chi connectivity index (χ2n) is 4.24. The van der Waals surface area contributed by atoms with Gasteiger partial charge in [-0.25, -0.2) is 0 Å². The maximum absolute atomic E-state index is 12.6. The second kappa shape index (κ2) is 8.43. The molecule has 0 atom stereocenters. The van der Waals surface area contributed by atoms with Gasteiger partial charge in [0.15, 0.2) is 0 Å². The number of carbonyl (C=O) groups excluding carboxylic acids is 1. The highest BCUT2D eigenvalue weighted by Crippen LogP contribution is 2.29. The van der Waals surface area contributed by atoms with Crippen LogP contribution in [0.25, 0.3) is 0 Å². The number of nitrogens with zero attached hydrogens (tertiary/aromatic N) is 1. The quantitative estimate of drug-likeness (QED) is 0.516. The van der Waals surface area contributed by atoms with Crippen LogP contribution in [0.15, 0.2) is 0 Å². The number of hydrogen-bond acceptors (Lipinski definition) is 3. The number of likely N-dealkylation sites (N-methyl/N-ethyl adjacent to an activating group) is 1. The molecule has 0 aromatic carbocycles. The first-order valence-electron chi connectivity index (χ1n) is 6.67. The summed E-state index contributed by atoms with van der Waals surface area (Å²) in [4.78, 5) is 14.7. The van der Waals surface area contributed by atoms with E-state index in [9.17, 15) is 4.79 Å². The third kappa shape index (κ3) is 3.92. The van der Waals surface area contributed by atoms with Crippen molar-refractivity contribution in [3.05, 3.63) is 0 Å². The van der Waals surface area contributed by atoms with E-state index in [2.05, 4.69) is 0 Å². The summed E-state index contributed by atoms with van der Waals surface area (Å²) in [6.07, 6.45) is 1.28. The lowest BCUT2D eigenvalue weighted by atomic mass is 9.80. The first kappa shape index (κ1) is 17.3. The van der Waals surface area contributed by atoms with Crippen molar-refractivity contribution < 1.29 is 9.53 Å². The molecule has 0 radical (unpaired) electrons. The molecule has 0 bridgehead atoms. The van der Waals surface area contributed by atoms with Gasteiger partial charge in [-0.05, 0) is 26.7 Å². The van der Waals surface area contributed by atoms with E-state index in [1.54, 1.807) is 4.90 Å². The minimum Gasteiger partial charge on any atom is -0.392 e. The van der Waals surface area contributed by atoms with Crippen LogP contribution >= 0.6 is 12.2 Å². The average Bonchev–Trinajstić information content (AvgIpc) is 2.36. The van der Waals surface area contributed by atoms with Crippen molar-refractivity contribution in [1.29, 1.82) is 0 Å². The fraction of sp³-hybridized carbons (Fsp3) is 0.846. The van der Waals surface area contributed by atoms with Gasteiger partial charge < -0.3 is 15.4 Å². The van der Waals surface area contributed by atoms with Crippen LogP contribution in [0.2, 0.25) is 0 Å². The van der Waals surface area contributed by atoms with Crippen molar-refractivity contribution >= 4 is 23.1 Å². The standard InChI is InChI=1S/C13H26N2O2S/c1-5-13(6-2,11(14)18)12(16)15(7-3)9-10-17-8-4/h5-10H2,1-4H3,(H2,14,18). The van der Waals surface area contributed by atoms with Gasteiger partial charge in [0.1, 0.15) is 0 Å². The van der Waals surface area contributed by atoms with Gasteiger partial charge in [-0.2, -0.15) is 0 Å². The molecule has 106 valence electrons. The van der Waals surface area contributed by atoms with Crippen LogP contribution in [0.1, 0.15) is 40.5 Å². The SMILES string of the molecule is CCOCCN(CC)C(=O)C(CC)(CC)C(N)=S. The number of hydrogen-bond donors (Lipinski definition) is 1. The number of nitrogens with two attached hydrogens (primary N) is 1. The van der Waals surface area contributed by atoms with Gasteiger partial charge in [0.2, 0.25) is 5.91 Å². The lowest BCUT2D eigenvalue weighted by Gasteiger charge is -2.34. The Balaban J connectivity index is 4.87. The molecule has 2 N–H and O–H groups in total. The number of rotatable bonds is 9. The molecule has 0 saturated heterocycles. The molecule has 0 aliphatic rings. The minimum atomic E-state index is -0.697. The zero-order valence-corrected chi connectivity index (χ0v) is 12.8. The van der Waals surface area contributed by atoms with E-state index in [4.69, 9.17) is 22.7 Å². The topological polar surface area (TPSA) is 55.6 Å². The maximum atomic E-state index is 12.6. The minimum absolute atomic E-state index is 0.0298. The lowest BCUT2D eigenvalue weighted by Crippen LogP contribution is -2.50. The molecule has 0 rings (SSSR count).